The van der Waals surface area contributed by atoms with Crippen LogP contribution in [0.3, 0.4) is 0 Å². The molecule has 0 bridgehead atoms. The molecular formula is C16H12BrClO2. The molecule has 1 unspecified atom stereocenters. The van der Waals surface area contributed by atoms with Crippen molar-refractivity contribution >= 4 is 38.5 Å². The van der Waals surface area contributed by atoms with E-state index < -0.39 is 6.10 Å². The average molecular weight is 352 g/mol. The zero-order valence-corrected chi connectivity index (χ0v) is 13.1. The van der Waals surface area contributed by atoms with Crippen molar-refractivity contribution in [1.82, 2.24) is 0 Å². The van der Waals surface area contributed by atoms with Crippen LogP contribution in [-0.4, -0.2) is 5.11 Å². The third kappa shape index (κ3) is 2.49. The number of fused-ring (bicyclic) bond motifs is 1. The quantitative estimate of drug-likeness (QED) is 0.685. The number of furan rings is 1. The lowest BCUT2D eigenvalue weighted by Gasteiger charge is -2.10. The van der Waals surface area contributed by atoms with Gasteiger partial charge in [-0.25, -0.2) is 0 Å². The summed E-state index contributed by atoms with van der Waals surface area (Å²) in [4.78, 5) is 0. The molecule has 4 heteroatoms. The van der Waals surface area contributed by atoms with E-state index in [2.05, 4.69) is 15.9 Å². The van der Waals surface area contributed by atoms with Crippen molar-refractivity contribution < 1.29 is 9.52 Å². The number of aliphatic hydroxyl groups excluding tert-OH is 1. The molecule has 1 aromatic heterocycles. The van der Waals surface area contributed by atoms with Crippen LogP contribution < -0.4 is 0 Å². The molecule has 0 aliphatic carbocycles. The third-order valence-electron chi connectivity index (χ3n) is 3.21. The molecule has 0 radical (unpaired) electrons. The Balaban J connectivity index is 2.07. The van der Waals surface area contributed by atoms with E-state index in [4.69, 9.17) is 16.0 Å². The molecule has 0 amide bonds. The monoisotopic (exact) mass is 350 g/mol. The number of aliphatic hydroxyl groups is 1. The van der Waals surface area contributed by atoms with Crippen LogP contribution in [0.2, 0.25) is 5.02 Å². The normalized spacial score (nSPS) is 12.8. The number of aryl methyl sites for hydroxylation is 1. The first-order valence-electron chi connectivity index (χ1n) is 6.18. The van der Waals surface area contributed by atoms with Crippen molar-refractivity contribution in [3.05, 3.63) is 68.8 Å². The van der Waals surface area contributed by atoms with Gasteiger partial charge in [-0.05, 0) is 43.3 Å². The maximum absolute atomic E-state index is 10.5. The molecule has 0 aliphatic heterocycles. The van der Waals surface area contributed by atoms with Crippen LogP contribution in [0.25, 0.3) is 11.0 Å². The van der Waals surface area contributed by atoms with Crippen molar-refractivity contribution in [2.24, 2.45) is 0 Å². The zero-order chi connectivity index (χ0) is 14.3. The molecule has 0 saturated carbocycles. The van der Waals surface area contributed by atoms with Crippen LogP contribution in [0.1, 0.15) is 23.0 Å². The highest BCUT2D eigenvalue weighted by atomic mass is 79.9. The Morgan fingerprint density at radius 2 is 1.95 bits per heavy atom. The number of halogens is 2. The summed E-state index contributed by atoms with van der Waals surface area (Å²) >= 11 is 9.52. The lowest BCUT2D eigenvalue weighted by Crippen LogP contribution is -1.98. The molecule has 102 valence electrons. The lowest BCUT2D eigenvalue weighted by molar-refractivity contribution is 0.192. The molecule has 0 saturated heterocycles. The van der Waals surface area contributed by atoms with Gasteiger partial charge >= 0.3 is 0 Å². The van der Waals surface area contributed by atoms with Crippen molar-refractivity contribution in [2.75, 3.05) is 0 Å². The molecule has 0 aliphatic rings. The van der Waals surface area contributed by atoms with Gasteiger partial charge in [0.15, 0.2) is 0 Å². The zero-order valence-electron chi connectivity index (χ0n) is 10.7. The second-order valence-corrected chi connectivity index (χ2v) is 6.08. The molecule has 1 atom stereocenters. The third-order valence-corrected chi connectivity index (χ3v) is 4.05. The van der Waals surface area contributed by atoms with Crippen molar-refractivity contribution in [2.45, 2.75) is 13.0 Å². The lowest BCUT2D eigenvalue weighted by atomic mass is 10.1. The van der Waals surface area contributed by atoms with Crippen molar-refractivity contribution in [3.8, 4) is 0 Å². The number of hydrogen-bond acceptors (Lipinski definition) is 2. The van der Waals surface area contributed by atoms with Gasteiger partial charge in [0.25, 0.3) is 0 Å². The summed E-state index contributed by atoms with van der Waals surface area (Å²) in [5, 5.41) is 12.0. The summed E-state index contributed by atoms with van der Waals surface area (Å²) in [5.41, 5.74) is 2.53. The van der Waals surface area contributed by atoms with E-state index in [1.165, 1.54) is 0 Å². The molecular weight excluding hydrogens is 340 g/mol. The maximum atomic E-state index is 10.5. The molecule has 2 aromatic carbocycles. The second kappa shape index (κ2) is 5.24. The Kier molecular flexibility index (Phi) is 3.59. The van der Waals surface area contributed by atoms with Gasteiger partial charge in [-0.3, -0.25) is 0 Å². The molecule has 0 spiro atoms. The maximum Gasteiger partial charge on any atom is 0.138 e. The van der Waals surface area contributed by atoms with Gasteiger partial charge in [0.1, 0.15) is 17.4 Å². The van der Waals surface area contributed by atoms with Gasteiger partial charge in [-0.1, -0.05) is 39.2 Å². The minimum absolute atomic E-state index is 0.491. The van der Waals surface area contributed by atoms with Gasteiger partial charge in [-0.15, -0.1) is 0 Å². The van der Waals surface area contributed by atoms with E-state index in [1.807, 2.05) is 37.3 Å². The number of benzene rings is 2. The standard InChI is InChI=1S/C16H12BrClO2/c1-9-2-5-14-10(6-9)7-15(20-14)16(19)12-8-11(17)3-4-13(12)18/h2-8,16,19H,1H3. The molecule has 3 rings (SSSR count). The van der Waals surface area contributed by atoms with E-state index in [1.54, 1.807) is 12.1 Å². The van der Waals surface area contributed by atoms with Crippen molar-refractivity contribution in [1.29, 1.82) is 0 Å². The van der Waals surface area contributed by atoms with Crippen LogP contribution in [0, 0.1) is 6.92 Å². The first-order valence-corrected chi connectivity index (χ1v) is 7.35. The van der Waals surface area contributed by atoms with E-state index in [0.29, 0.717) is 16.3 Å². The Hall–Kier alpha value is -1.29. The first-order chi connectivity index (χ1) is 9.54. The van der Waals surface area contributed by atoms with Gasteiger partial charge < -0.3 is 9.52 Å². The highest BCUT2D eigenvalue weighted by Crippen LogP contribution is 2.33. The van der Waals surface area contributed by atoms with E-state index in [-0.39, 0.29) is 0 Å². The molecule has 2 nitrogen and oxygen atoms in total. The van der Waals surface area contributed by atoms with Gasteiger partial charge in [-0.2, -0.15) is 0 Å². The summed E-state index contributed by atoms with van der Waals surface area (Å²) in [6, 6.07) is 13.1. The fourth-order valence-electron chi connectivity index (χ4n) is 2.20. The average Bonchev–Trinajstić information content (AvgIpc) is 2.83. The minimum Gasteiger partial charge on any atom is -0.458 e. The molecule has 3 aromatic rings. The minimum atomic E-state index is -0.882. The summed E-state index contributed by atoms with van der Waals surface area (Å²) in [5.74, 6) is 0.491. The van der Waals surface area contributed by atoms with Crippen LogP contribution in [-0.2, 0) is 0 Å². The summed E-state index contributed by atoms with van der Waals surface area (Å²) in [6.07, 6.45) is -0.882. The van der Waals surface area contributed by atoms with Crippen LogP contribution in [0.4, 0.5) is 0 Å². The molecule has 1 heterocycles. The Bertz CT molecular complexity index is 779. The van der Waals surface area contributed by atoms with E-state index in [9.17, 15) is 5.11 Å². The van der Waals surface area contributed by atoms with Crippen LogP contribution >= 0.6 is 27.5 Å². The summed E-state index contributed by atoms with van der Waals surface area (Å²) in [7, 11) is 0. The number of hydrogen-bond donors (Lipinski definition) is 1. The fourth-order valence-corrected chi connectivity index (χ4v) is 2.80. The Labute approximate surface area is 130 Å². The van der Waals surface area contributed by atoms with Crippen LogP contribution in [0.5, 0.6) is 0 Å². The SMILES string of the molecule is Cc1ccc2oc(C(O)c3cc(Br)ccc3Cl)cc2c1. The van der Waals surface area contributed by atoms with Gasteiger partial charge in [0.2, 0.25) is 0 Å². The van der Waals surface area contributed by atoms with E-state index in [0.717, 1.165) is 21.0 Å². The molecule has 0 fully saturated rings. The Morgan fingerprint density at radius 1 is 1.15 bits per heavy atom. The van der Waals surface area contributed by atoms with Crippen molar-refractivity contribution in [3.63, 3.8) is 0 Å². The summed E-state index contributed by atoms with van der Waals surface area (Å²) in [6.45, 7) is 2.02. The topological polar surface area (TPSA) is 33.4 Å². The second-order valence-electron chi connectivity index (χ2n) is 4.76. The predicted octanol–water partition coefficient (Wildman–Crippen LogP) is 5.24. The molecule has 1 N–H and O–H groups in total. The van der Waals surface area contributed by atoms with E-state index >= 15 is 0 Å². The predicted molar refractivity (Wildman–Crippen MR) is 84.2 cm³/mol. The summed E-state index contributed by atoms with van der Waals surface area (Å²) < 4.78 is 6.57. The highest BCUT2D eigenvalue weighted by Gasteiger charge is 2.18. The number of rotatable bonds is 2. The van der Waals surface area contributed by atoms with Gasteiger partial charge in [0, 0.05) is 20.4 Å². The highest BCUT2D eigenvalue weighted by molar-refractivity contribution is 9.10. The Morgan fingerprint density at radius 3 is 2.75 bits per heavy atom. The first kappa shape index (κ1) is 13.7. The smallest absolute Gasteiger partial charge is 0.138 e. The van der Waals surface area contributed by atoms with Gasteiger partial charge in [0.05, 0.1) is 0 Å². The molecule has 20 heavy (non-hydrogen) atoms. The van der Waals surface area contributed by atoms with Crippen LogP contribution in [0.15, 0.2) is 51.4 Å². The largest absolute Gasteiger partial charge is 0.458 e. The fraction of sp³-hybridized carbons (Fsp3) is 0.125.